The average molecular weight is 527 g/mol. The Morgan fingerprint density at radius 2 is 2.03 bits per heavy atom. The molecule has 0 saturated heterocycles. The summed E-state index contributed by atoms with van der Waals surface area (Å²) in [7, 11) is -1.98. The fraction of sp³-hybridized carbons (Fsp3) is 0.444. The summed E-state index contributed by atoms with van der Waals surface area (Å²) in [5.74, 6) is 0.0112. The number of fused-ring (bicyclic) bond motifs is 1. The monoisotopic (exact) mass is 526 g/mol. The fourth-order valence-corrected chi connectivity index (χ4v) is 6.24. The van der Waals surface area contributed by atoms with Gasteiger partial charge in [-0.1, -0.05) is 30.3 Å². The highest BCUT2D eigenvalue weighted by atomic mass is 32.2. The number of carbonyl (C=O) groups is 1. The minimum absolute atomic E-state index is 0.107. The van der Waals surface area contributed by atoms with Crippen molar-refractivity contribution in [1.29, 1.82) is 0 Å². The predicted molar refractivity (Wildman–Crippen MR) is 139 cm³/mol. The first-order valence-corrected chi connectivity index (χ1v) is 14.0. The van der Waals surface area contributed by atoms with Crippen LogP contribution in [0.4, 0.5) is 0 Å². The van der Waals surface area contributed by atoms with Crippen LogP contribution in [0.25, 0.3) is 0 Å². The predicted octanol–water partition coefficient (Wildman–Crippen LogP) is 3.76. The molecule has 198 valence electrons. The van der Waals surface area contributed by atoms with Gasteiger partial charge in [0.15, 0.2) is 0 Å². The topological polar surface area (TPSA) is 104 Å². The van der Waals surface area contributed by atoms with Gasteiger partial charge in [-0.3, -0.25) is 4.79 Å². The van der Waals surface area contributed by atoms with Crippen molar-refractivity contribution in [1.82, 2.24) is 19.3 Å². The summed E-state index contributed by atoms with van der Waals surface area (Å²) < 4.78 is 39.7. The van der Waals surface area contributed by atoms with Crippen LogP contribution in [0.1, 0.15) is 55.0 Å². The Balaban J connectivity index is 1.62. The first-order chi connectivity index (χ1) is 17.7. The number of benzene rings is 2. The minimum atomic E-state index is -3.75. The number of ether oxygens (including phenoxy) is 2. The van der Waals surface area contributed by atoms with Crippen molar-refractivity contribution in [2.24, 2.45) is 7.05 Å². The van der Waals surface area contributed by atoms with Crippen LogP contribution < -0.4 is 4.74 Å². The van der Waals surface area contributed by atoms with Crippen LogP contribution in [0.3, 0.4) is 0 Å². The van der Waals surface area contributed by atoms with Crippen LogP contribution in [0.5, 0.6) is 5.75 Å². The van der Waals surface area contributed by atoms with E-state index in [0.717, 1.165) is 22.4 Å². The molecule has 0 bridgehead atoms. The van der Waals surface area contributed by atoms with Crippen LogP contribution >= 0.6 is 0 Å². The zero-order valence-electron chi connectivity index (χ0n) is 21.8. The highest BCUT2D eigenvalue weighted by Crippen LogP contribution is 2.33. The molecule has 0 fully saturated rings. The van der Waals surface area contributed by atoms with Crippen molar-refractivity contribution in [3.63, 3.8) is 0 Å². The molecule has 9 nitrogen and oxygen atoms in total. The van der Waals surface area contributed by atoms with Gasteiger partial charge in [0.05, 0.1) is 31.5 Å². The SMILES string of the molecule is CCOC(=O)CC(CCc1cnn(C)n1)c1ccc(C)c(CN2C[C@@H](C)Oc3ccccc3S2(=O)=O)c1. The smallest absolute Gasteiger partial charge is 0.306 e. The van der Waals surface area contributed by atoms with Gasteiger partial charge in [0.2, 0.25) is 10.0 Å². The summed E-state index contributed by atoms with van der Waals surface area (Å²) in [5.41, 5.74) is 3.69. The molecule has 0 radical (unpaired) electrons. The van der Waals surface area contributed by atoms with Crippen molar-refractivity contribution in [2.45, 2.75) is 63.5 Å². The Bertz CT molecular complexity index is 1350. The Labute approximate surface area is 218 Å². The second kappa shape index (κ2) is 11.4. The van der Waals surface area contributed by atoms with Crippen LogP contribution in [-0.4, -0.2) is 52.9 Å². The molecule has 2 heterocycles. The van der Waals surface area contributed by atoms with E-state index in [1.54, 1.807) is 44.4 Å². The number of aromatic nitrogens is 3. The van der Waals surface area contributed by atoms with Gasteiger partial charge < -0.3 is 9.47 Å². The number of hydrogen-bond acceptors (Lipinski definition) is 7. The molecule has 0 amide bonds. The lowest BCUT2D eigenvalue weighted by Gasteiger charge is -2.24. The van der Waals surface area contributed by atoms with E-state index in [-0.39, 0.29) is 42.4 Å². The quantitative estimate of drug-likeness (QED) is 0.391. The van der Waals surface area contributed by atoms with Crippen LogP contribution in [-0.2, 0) is 39.6 Å². The van der Waals surface area contributed by atoms with Gasteiger partial charge in [0.1, 0.15) is 16.7 Å². The molecule has 0 N–H and O–H groups in total. The summed E-state index contributed by atoms with van der Waals surface area (Å²) in [6.45, 7) is 6.40. The van der Waals surface area contributed by atoms with E-state index < -0.39 is 10.0 Å². The zero-order chi connectivity index (χ0) is 26.6. The summed E-state index contributed by atoms with van der Waals surface area (Å²) >= 11 is 0. The highest BCUT2D eigenvalue weighted by molar-refractivity contribution is 7.89. The summed E-state index contributed by atoms with van der Waals surface area (Å²) in [5, 5.41) is 8.49. The van der Waals surface area contributed by atoms with Crippen molar-refractivity contribution in [3.05, 3.63) is 71.0 Å². The van der Waals surface area contributed by atoms with E-state index in [1.165, 1.54) is 9.10 Å². The molecule has 10 heteroatoms. The minimum Gasteiger partial charge on any atom is -0.488 e. The standard InChI is InChI=1S/C27H34N4O5S/c1-5-35-27(32)15-22(12-13-24-16-28-30(4)29-24)21-11-10-19(2)23(14-21)18-31-17-20(3)36-25-8-6-7-9-26(25)37(31,33)34/h6-11,14,16,20,22H,5,12-13,15,17-18H2,1-4H3/t20-,22?/m1/s1. The number of nitrogens with zero attached hydrogens (tertiary/aromatic N) is 4. The molecular formula is C27H34N4O5S. The van der Waals surface area contributed by atoms with E-state index in [9.17, 15) is 13.2 Å². The number of rotatable bonds is 9. The van der Waals surface area contributed by atoms with Crippen molar-refractivity contribution < 1.29 is 22.7 Å². The molecule has 2 atom stereocenters. The van der Waals surface area contributed by atoms with Gasteiger partial charge in [-0.15, -0.1) is 0 Å². The summed E-state index contributed by atoms with van der Waals surface area (Å²) in [4.78, 5) is 14.1. The summed E-state index contributed by atoms with van der Waals surface area (Å²) in [6.07, 6.45) is 3.00. The van der Waals surface area contributed by atoms with Gasteiger partial charge in [0, 0.05) is 13.6 Å². The number of carbonyl (C=O) groups excluding carboxylic acids is 1. The largest absolute Gasteiger partial charge is 0.488 e. The van der Waals surface area contributed by atoms with Crippen LogP contribution in [0, 0.1) is 6.92 Å². The molecule has 1 aromatic heterocycles. The second-order valence-corrected chi connectivity index (χ2v) is 11.3. The maximum Gasteiger partial charge on any atom is 0.306 e. The lowest BCUT2D eigenvalue weighted by atomic mass is 9.88. The number of para-hydroxylation sites is 1. The lowest BCUT2D eigenvalue weighted by molar-refractivity contribution is -0.143. The number of hydrogen-bond donors (Lipinski definition) is 0. The zero-order valence-corrected chi connectivity index (χ0v) is 22.6. The van der Waals surface area contributed by atoms with Gasteiger partial charge in [-0.05, 0) is 68.4 Å². The molecule has 37 heavy (non-hydrogen) atoms. The molecule has 3 aromatic rings. The third-order valence-electron chi connectivity index (χ3n) is 6.56. The third-order valence-corrected chi connectivity index (χ3v) is 8.41. The molecule has 1 aliphatic heterocycles. The average Bonchev–Trinajstić information content (AvgIpc) is 3.24. The Kier molecular flexibility index (Phi) is 8.29. The van der Waals surface area contributed by atoms with E-state index in [4.69, 9.17) is 9.47 Å². The Hall–Kier alpha value is -3.24. The molecule has 0 aliphatic carbocycles. The van der Waals surface area contributed by atoms with E-state index >= 15 is 0 Å². The van der Waals surface area contributed by atoms with Gasteiger partial charge in [-0.25, -0.2) is 8.42 Å². The normalized spacial score (nSPS) is 17.9. The fourth-order valence-electron chi connectivity index (χ4n) is 4.63. The maximum atomic E-state index is 13.6. The van der Waals surface area contributed by atoms with Crippen molar-refractivity contribution >= 4 is 16.0 Å². The van der Waals surface area contributed by atoms with Crippen LogP contribution in [0.15, 0.2) is 53.6 Å². The number of aryl methyl sites for hydroxylation is 3. The number of sulfonamides is 1. The molecule has 1 aliphatic rings. The van der Waals surface area contributed by atoms with Gasteiger partial charge in [-0.2, -0.15) is 19.3 Å². The van der Waals surface area contributed by atoms with E-state index in [1.807, 2.05) is 32.0 Å². The lowest BCUT2D eigenvalue weighted by Crippen LogP contribution is -2.35. The Morgan fingerprint density at radius 3 is 2.76 bits per heavy atom. The van der Waals surface area contributed by atoms with E-state index in [2.05, 4.69) is 10.2 Å². The molecule has 0 saturated carbocycles. The molecule has 0 spiro atoms. The number of esters is 1. The maximum absolute atomic E-state index is 13.6. The highest BCUT2D eigenvalue weighted by Gasteiger charge is 2.33. The molecular weight excluding hydrogens is 492 g/mol. The molecule has 4 rings (SSSR count). The van der Waals surface area contributed by atoms with Crippen LogP contribution in [0.2, 0.25) is 0 Å². The Morgan fingerprint density at radius 1 is 1.24 bits per heavy atom. The van der Waals surface area contributed by atoms with E-state index in [0.29, 0.717) is 25.2 Å². The summed E-state index contributed by atoms with van der Waals surface area (Å²) in [6, 6.07) is 12.8. The second-order valence-electron chi connectivity index (χ2n) is 9.43. The first-order valence-electron chi connectivity index (χ1n) is 12.5. The molecule has 1 unspecified atom stereocenters. The van der Waals surface area contributed by atoms with Gasteiger partial charge >= 0.3 is 5.97 Å². The van der Waals surface area contributed by atoms with Crippen molar-refractivity contribution in [2.75, 3.05) is 13.2 Å². The third kappa shape index (κ3) is 6.37. The van der Waals surface area contributed by atoms with Crippen molar-refractivity contribution in [3.8, 4) is 5.75 Å². The van der Waals surface area contributed by atoms with Gasteiger partial charge in [0.25, 0.3) is 0 Å². The first kappa shape index (κ1) is 26.8. The molecule has 2 aromatic carbocycles.